The molecule has 10 heteroatoms. The van der Waals surface area contributed by atoms with Gasteiger partial charge in [-0.2, -0.15) is 4.98 Å². The van der Waals surface area contributed by atoms with Gasteiger partial charge in [0, 0.05) is 51.9 Å². The molecule has 0 spiro atoms. The summed E-state index contributed by atoms with van der Waals surface area (Å²) in [6, 6.07) is 5.54. The molecule has 39 heavy (non-hydrogen) atoms. The first-order valence-corrected chi connectivity index (χ1v) is 13.1. The van der Waals surface area contributed by atoms with Crippen LogP contribution in [0.25, 0.3) is 0 Å². The number of nitrogens with zero attached hydrogens (tertiary/aromatic N) is 5. The normalized spacial score (nSPS) is 11.6. The van der Waals surface area contributed by atoms with Gasteiger partial charge in [0.2, 0.25) is 17.8 Å². The lowest BCUT2D eigenvalue weighted by Gasteiger charge is -2.23. The Balaban J connectivity index is 1.92. The van der Waals surface area contributed by atoms with Gasteiger partial charge in [-0.05, 0) is 52.1 Å². The molecule has 0 saturated heterocycles. The van der Waals surface area contributed by atoms with Crippen LogP contribution < -0.4 is 15.5 Å². The summed E-state index contributed by atoms with van der Waals surface area (Å²) in [5.74, 6) is 6.56. The van der Waals surface area contributed by atoms with E-state index in [1.165, 1.54) is 23.1 Å². The summed E-state index contributed by atoms with van der Waals surface area (Å²) in [4.78, 5) is 39.1. The molecule has 1 aromatic carbocycles. The van der Waals surface area contributed by atoms with Crippen molar-refractivity contribution in [2.24, 2.45) is 0 Å². The van der Waals surface area contributed by atoms with Gasteiger partial charge in [-0.15, -0.1) is 0 Å². The minimum atomic E-state index is -0.582. The monoisotopic (exact) mass is 537 g/mol. The largest absolute Gasteiger partial charge is 0.358 e. The highest BCUT2D eigenvalue weighted by molar-refractivity contribution is 5.92. The van der Waals surface area contributed by atoms with Crippen molar-refractivity contribution in [3.8, 4) is 11.8 Å². The number of rotatable bonds is 13. The van der Waals surface area contributed by atoms with E-state index in [-0.39, 0.29) is 17.6 Å². The molecule has 0 aliphatic rings. The number of carbonyl (C=O) groups excluding carboxylic acids is 2. The minimum absolute atomic E-state index is 0.210. The van der Waals surface area contributed by atoms with Gasteiger partial charge >= 0.3 is 0 Å². The Hall–Kier alpha value is -3.97. The third-order valence-corrected chi connectivity index (χ3v) is 5.81. The zero-order valence-electron chi connectivity index (χ0n) is 23.8. The summed E-state index contributed by atoms with van der Waals surface area (Å²) in [5, 5.41) is 5.91. The second kappa shape index (κ2) is 16.1. The van der Waals surface area contributed by atoms with Gasteiger partial charge in [0.1, 0.15) is 17.7 Å². The number of carbonyl (C=O) groups is 2. The Bertz CT molecular complexity index is 1190. The minimum Gasteiger partial charge on any atom is -0.358 e. The van der Waals surface area contributed by atoms with Crippen LogP contribution in [-0.4, -0.2) is 85.4 Å². The third-order valence-electron chi connectivity index (χ3n) is 5.81. The Morgan fingerprint density at radius 3 is 2.67 bits per heavy atom. The molecule has 2 amide bonds. The van der Waals surface area contributed by atoms with Crippen molar-refractivity contribution >= 4 is 29.3 Å². The van der Waals surface area contributed by atoms with Crippen LogP contribution >= 0.6 is 0 Å². The summed E-state index contributed by atoms with van der Waals surface area (Å²) in [7, 11) is 7.40. The van der Waals surface area contributed by atoms with Crippen LogP contribution in [0.1, 0.15) is 38.7 Å². The average Bonchev–Trinajstić information content (AvgIpc) is 2.90. The van der Waals surface area contributed by atoms with Crippen molar-refractivity contribution in [1.29, 1.82) is 0 Å². The standard InChI is InChI=1S/C29H40FN7O2/c1-7-18-36(5)27-23(21-32-29(34-27)33-25-15-11-14-24(30)20-25)13-9-8-10-17-31-28(39)22(2)37(6)26(38)16-12-19-35(3)4/h11-12,14-16,20-22H,7-8,10,17-19H2,1-6H3,(H,31,39)(H,32,33,34)/b16-12+/t22-/m0/s1. The molecule has 0 fully saturated rings. The molecule has 1 aromatic heterocycles. The van der Waals surface area contributed by atoms with Gasteiger partial charge in [0.25, 0.3) is 0 Å². The number of halogens is 1. The van der Waals surface area contributed by atoms with Gasteiger partial charge in [-0.3, -0.25) is 9.59 Å². The molecule has 0 unspecified atom stereocenters. The van der Waals surface area contributed by atoms with E-state index in [0.717, 1.165) is 13.0 Å². The molecular formula is C29H40FN7O2. The number of unbranched alkanes of at least 4 members (excludes halogenated alkanes) is 1. The summed E-state index contributed by atoms with van der Waals surface area (Å²) >= 11 is 0. The van der Waals surface area contributed by atoms with Crippen molar-refractivity contribution in [3.63, 3.8) is 0 Å². The van der Waals surface area contributed by atoms with E-state index < -0.39 is 6.04 Å². The number of hydrogen-bond donors (Lipinski definition) is 2. The highest BCUT2D eigenvalue weighted by Gasteiger charge is 2.20. The van der Waals surface area contributed by atoms with Crippen molar-refractivity contribution in [2.45, 2.75) is 39.2 Å². The lowest BCUT2D eigenvalue weighted by atomic mass is 10.2. The predicted molar refractivity (Wildman–Crippen MR) is 154 cm³/mol. The lowest BCUT2D eigenvalue weighted by Crippen LogP contribution is -2.45. The van der Waals surface area contributed by atoms with Gasteiger partial charge in [0.05, 0.1) is 11.8 Å². The number of aromatic nitrogens is 2. The molecule has 0 bridgehead atoms. The molecule has 1 atom stereocenters. The molecule has 0 aliphatic carbocycles. The van der Waals surface area contributed by atoms with E-state index in [9.17, 15) is 14.0 Å². The van der Waals surface area contributed by atoms with Crippen molar-refractivity contribution in [1.82, 2.24) is 25.1 Å². The molecular weight excluding hydrogens is 497 g/mol. The fourth-order valence-electron chi connectivity index (χ4n) is 3.49. The van der Waals surface area contributed by atoms with Crippen LogP contribution in [0.5, 0.6) is 0 Å². The fourth-order valence-corrected chi connectivity index (χ4v) is 3.49. The van der Waals surface area contributed by atoms with E-state index >= 15 is 0 Å². The van der Waals surface area contributed by atoms with Crippen LogP contribution in [0.3, 0.4) is 0 Å². The van der Waals surface area contributed by atoms with Gasteiger partial charge in [-0.25, -0.2) is 9.37 Å². The Morgan fingerprint density at radius 2 is 1.97 bits per heavy atom. The van der Waals surface area contributed by atoms with Gasteiger partial charge in [-0.1, -0.05) is 30.9 Å². The topological polar surface area (TPSA) is 93.7 Å². The quantitative estimate of drug-likeness (QED) is 0.230. The van der Waals surface area contributed by atoms with Crippen LogP contribution in [0.2, 0.25) is 0 Å². The third kappa shape index (κ3) is 10.7. The number of likely N-dealkylation sites (N-methyl/N-ethyl adjacent to an activating group) is 2. The molecule has 210 valence electrons. The highest BCUT2D eigenvalue weighted by Crippen LogP contribution is 2.20. The van der Waals surface area contributed by atoms with E-state index in [4.69, 9.17) is 0 Å². The molecule has 2 N–H and O–H groups in total. The molecule has 0 saturated carbocycles. The lowest BCUT2D eigenvalue weighted by molar-refractivity contribution is -0.135. The Kier molecular flexibility index (Phi) is 12.9. The average molecular weight is 538 g/mol. The maximum Gasteiger partial charge on any atom is 0.246 e. The molecule has 1 heterocycles. The molecule has 2 rings (SSSR count). The summed E-state index contributed by atoms with van der Waals surface area (Å²) < 4.78 is 13.5. The second-order valence-electron chi connectivity index (χ2n) is 9.47. The summed E-state index contributed by atoms with van der Waals surface area (Å²) in [5.41, 5.74) is 1.25. The maximum absolute atomic E-state index is 13.5. The first kappa shape index (κ1) is 31.2. The predicted octanol–water partition coefficient (Wildman–Crippen LogP) is 3.42. The number of benzene rings is 1. The summed E-state index contributed by atoms with van der Waals surface area (Å²) in [6.07, 6.45) is 7.08. The number of hydrogen-bond acceptors (Lipinski definition) is 7. The molecule has 0 aliphatic heterocycles. The van der Waals surface area contributed by atoms with Crippen LogP contribution in [0.15, 0.2) is 42.6 Å². The fraction of sp³-hybridized carbons (Fsp3) is 0.448. The smallest absolute Gasteiger partial charge is 0.246 e. The van der Waals surface area contributed by atoms with E-state index in [1.807, 2.05) is 30.9 Å². The van der Waals surface area contributed by atoms with E-state index in [2.05, 4.69) is 39.4 Å². The molecule has 2 aromatic rings. The summed E-state index contributed by atoms with van der Waals surface area (Å²) in [6.45, 7) is 5.68. The van der Waals surface area contributed by atoms with Gasteiger partial charge < -0.3 is 25.3 Å². The van der Waals surface area contributed by atoms with E-state index in [1.54, 1.807) is 38.4 Å². The number of amides is 2. The van der Waals surface area contributed by atoms with E-state index in [0.29, 0.717) is 48.9 Å². The second-order valence-corrected chi connectivity index (χ2v) is 9.47. The van der Waals surface area contributed by atoms with Crippen molar-refractivity contribution in [2.75, 3.05) is 58.0 Å². The van der Waals surface area contributed by atoms with Gasteiger partial charge in [0.15, 0.2) is 0 Å². The number of anilines is 3. The first-order valence-electron chi connectivity index (χ1n) is 13.1. The SMILES string of the molecule is CCCN(C)c1nc(Nc2cccc(F)c2)ncc1C#CCCCNC(=O)[C@H](C)N(C)C(=O)/C=C/CN(C)C. The van der Waals surface area contributed by atoms with Crippen LogP contribution in [-0.2, 0) is 9.59 Å². The molecule has 9 nitrogen and oxygen atoms in total. The highest BCUT2D eigenvalue weighted by atomic mass is 19.1. The Morgan fingerprint density at radius 1 is 1.21 bits per heavy atom. The van der Waals surface area contributed by atoms with Crippen molar-refractivity contribution < 1.29 is 14.0 Å². The number of nitrogens with one attached hydrogen (secondary N) is 2. The van der Waals surface area contributed by atoms with Crippen LogP contribution in [0.4, 0.5) is 21.8 Å². The van der Waals surface area contributed by atoms with Crippen LogP contribution in [0, 0.1) is 17.7 Å². The Labute approximate surface area is 231 Å². The zero-order chi connectivity index (χ0) is 28.8. The molecule has 0 radical (unpaired) electrons. The maximum atomic E-state index is 13.5. The van der Waals surface area contributed by atoms with Crippen molar-refractivity contribution in [3.05, 3.63) is 54.0 Å². The zero-order valence-corrected chi connectivity index (χ0v) is 23.8. The first-order chi connectivity index (χ1) is 18.6.